The highest BCUT2D eigenvalue weighted by molar-refractivity contribution is 9.10. The van der Waals surface area contributed by atoms with Gasteiger partial charge in [0.1, 0.15) is 11.3 Å². The van der Waals surface area contributed by atoms with Gasteiger partial charge < -0.3 is 9.73 Å². The molecule has 0 saturated carbocycles. The summed E-state index contributed by atoms with van der Waals surface area (Å²) in [5.74, 6) is 1.77. The van der Waals surface area contributed by atoms with Crippen molar-refractivity contribution in [3.8, 4) is 0 Å². The molecular formula is C16H22BrNO. The summed E-state index contributed by atoms with van der Waals surface area (Å²) < 4.78 is 7.06. The molecule has 0 radical (unpaired) electrons. The van der Waals surface area contributed by atoms with Gasteiger partial charge in [0.25, 0.3) is 0 Å². The highest BCUT2D eigenvalue weighted by Gasteiger charge is 2.16. The molecule has 0 aliphatic heterocycles. The number of fused-ring (bicyclic) bond motifs is 1. The van der Waals surface area contributed by atoms with Gasteiger partial charge in [-0.15, -0.1) is 0 Å². The second-order valence-corrected chi connectivity index (χ2v) is 6.24. The van der Waals surface area contributed by atoms with Crippen molar-refractivity contribution < 1.29 is 4.42 Å². The number of para-hydroxylation sites is 1. The lowest BCUT2D eigenvalue weighted by Crippen LogP contribution is -2.20. The fourth-order valence-corrected chi connectivity index (χ4v) is 2.77. The van der Waals surface area contributed by atoms with Crippen LogP contribution < -0.4 is 5.32 Å². The number of benzene rings is 1. The maximum atomic E-state index is 6.04. The summed E-state index contributed by atoms with van der Waals surface area (Å²) >= 11 is 3.55. The Labute approximate surface area is 123 Å². The van der Waals surface area contributed by atoms with E-state index < -0.39 is 0 Å². The first-order valence-electron chi connectivity index (χ1n) is 7.03. The Bertz CT molecular complexity index is 533. The lowest BCUT2D eigenvalue weighted by atomic mass is 10.0. The molecule has 0 saturated heterocycles. The second-order valence-electron chi connectivity index (χ2n) is 5.39. The molecule has 0 spiro atoms. The molecule has 0 aliphatic rings. The zero-order valence-electron chi connectivity index (χ0n) is 11.9. The second kappa shape index (κ2) is 6.58. The molecule has 104 valence electrons. The Morgan fingerprint density at radius 1 is 1.26 bits per heavy atom. The van der Waals surface area contributed by atoms with Crippen LogP contribution >= 0.6 is 15.9 Å². The van der Waals surface area contributed by atoms with E-state index in [1.165, 1.54) is 6.42 Å². The van der Waals surface area contributed by atoms with Crippen molar-refractivity contribution in [2.45, 2.75) is 39.7 Å². The summed E-state index contributed by atoms with van der Waals surface area (Å²) in [6.07, 6.45) is 2.32. The topological polar surface area (TPSA) is 25.2 Å². The summed E-state index contributed by atoms with van der Waals surface area (Å²) in [6, 6.07) is 8.63. The third kappa shape index (κ3) is 3.61. The van der Waals surface area contributed by atoms with Gasteiger partial charge in [0, 0.05) is 5.39 Å². The third-order valence-corrected chi connectivity index (χ3v) is 3.97. The van der Waals surface area contributed by atoms with Crippen molar-refractivity contribution in [3.05, 3.63) is 34.5 Å². The van der Waals surface area contributed by atoms with Crippen molar-refractivity contribution in [1.29, 1.82) is 0 Å². The van der Waals surface area contributed by atoms with E-state index in [2.05, 4.69) is 54.2 Å². The van der Waals surface area contributed by atoms with Crippen LogP contribution in [0.2, 0.25) is 0 Å². The van der Waals surface area contributed by atoms with Crippen molar-refractivity contribution in [1.82, 2.24) is 5.32 Å². The summed E-state index contributed by atoms with van der Waals surface area (Å²) in [5.41, 5.74) is 0.949. The van der Waals surface area contributed by atoms with Gasteiger partial charge in [0.2, 0.25) is 0 Å². The van der Waals surface area contributed by atoms with Crippen LogP contribution in [-0.2, 0) is 0 Å². The van der Waals surface area contributed by atoms with Crippen molar-refractivity contribution in [3.63, 3.8) is 0 Å². The number of furan rings is 1. The average molecular weight is 324 g/mol. The SMILES string of the molecule is CCNC(CCC(C)C)c1cc2cccc(Br)c2o1. The van der Waals surface area contributed by atoms with Gasteiger partial charge in [-0.05, 0) is 53.4 Å². The average Bonchev–Trinajstić information content (AvgIpc) is 2.79. The van der Waals surface area contributed by atoms with E-state index in [1.807, 2.05) is 12.1 Å². The maximum Gasteiger partial charge on any atom is 0.148 e. The van der Waals surface area contributed by atoms with Crippen molar-refractivity contribution >= 4 is 26.9 Å². The first-order valence-corrected chi connectivity index (χ1v) is 7.82. The number of hydrogen-bond donors (Lipinski definition) is 1. The molecule has 0 amide bonds. The quantitative estimate of drug-likeness (QED) is 0.782. The molecule has 1 atom stereocenters. The highest BCUT2D eigenvalue weighted by atomic mass is 79.9. The van der Waals surface area contributed by atoms with Crippen LogP contribution in [0.25, 0.3) is 11.0 Å². The zero-order valence-corrected chi connectivity index (χ0v) is 13.5. The molecule has 19 heavy (non-hydrogen) atoms. The van der Waals surface area contributed by atoms with E-state index in [-0.39, 0.29) is 0 Å². The van der Waals surface area contributed by atoms with Crippen LogP contribution in [0.5, 0.6) is 0 Å². The van der Waals surface area contributed by atoms with Gasteiger partial charge >= 0.3 is 0 Å². The highest BCUT2D eigenvalue weighted by Crippen LogP contribution is 2.31. The monoisotopic (exact) mass is 323 g/mol. The van der Waals surface area contributed by atoms with Gasteiger partial charge in [-0.1, -0.05) is 32.9 Å². The van der Waals surface area contributed by atoms with Crippen LogP contribution in [0.15, 0.2) is 33.2 Å². The number of hydrogen-bond acceptors (Lipinski definition) is 2. The molecule has 3 heteroatoms. The predicted molar refractivity (Wildman–Crippen MR) is 84.4 cm³/mol. The Hall–Kier alpha value is -0.800. The van der Waals surface area contributed by atoms with Crippen LogP contribution in [0.3, 0.4) is 0 Å². The van der Waals surface area contributed by atoms with E-state index >= 15 is 0 Å². The standard InChI is InChI=1S/C16H22BrNO/c1-4-18-14(9-8-11(2)3)15-10-12-6-5-7-13(17)16(12)19-15/h5-7,10-11,14,18H,4,8-9H2,1-3H3. The minimum absolute atomic E-state index is 0.312. The van der Waals surface area contributed by atoms with Crippen LogP contribution in [0.1, 0.15) is 45.4 Å². The third-order valence-electron chi connectivity index (χ3n) is 3.34. The Kier molecular flexibility index (Phi) is 5.06. The Morgan fingerprint density at radius 2 is 2.05 bits per heavy atom. The first-order chi connectivity index (χ1) is 9.11. The fourth-order valence-electron chi connectivity index (χ4n) is 2.31. The predicted octanol–water partition coefficient (Wildman–Crippen LogP) is 5.28. The smallest absolute Gasteiger partial charge is 0.148 e. The van der Waals surface area contributed by atoms with Gasteiger partial charge in [0.05, 0.1) is 10.5 Å². The molecular weight excluding hydrogens is 302 g/mol. The van der Waals surface area contributed by atoms with E-state index in [0.717, 1.165) is 40.1 Å². The van der Waals surface area contributed by atoms with E-state index in [4.69, 9.17) is 4.42 Å². The minimum Gasteiger partial charge on any atom is -0.458 e. The van der Waals surface area contributed by atoms with Gasteiger partial charge in [0.15, 0.2) is 0 Å². The molecule has 0 aliphatic carbocycles. The van der Waals surface area contributed by atoms with Crippen LogP contribution in [-0.4, -0.2) is 6.54 Å². The molecule has 1 aromatic carbocycles. The molecule has 1 N–H and O–H groups in total. The van der Waals surface area contributed by atoms with Crippen molar-refractivity contribution in [2.75, 3.05) is 6.54 Å². The molecule has 1 heterocycles. The van der Waals surface area contributed by atoms with Crippen molar-refractivity contribution in [2.24, 2.45) is 5.92 Å². The lowest BCUT2D eigenvalue weighted by molar-refractivity contribution is 0.387. The summed E-state index contributed by atoms with van der Waals surface area (Å²) in [4.78, 5) is 0. The number of halogens is 1. The molecule has 0 fully saturated rings. The summed E-state index contributed by atoms with van der Waals surface area (Å²) in [6.45, 7) is 7.62. The minimum atomic E-state index is 0.312. The fraction of sp³-hybridized carbons (Fsp3) is 0.500. The molecule has 2 nitrogen and oxygen atoms in total. The Balaban J connectivity index is 2.25. The van der Waals surface area contributed by atoms with Crippen LogP contribution in [0.4, 0.5) is 0 Å². The van der Waals surface area contributed by atoms with Gasteiger partial charge in [-0.25, -0.2) is 0 Å². The molecule has 2 aromatic rings. The summed E-state index contributed by atoms with van der Waals surface area (Å²) in [5, 5.41) is 4.69. The zero-order chi connectivity index (χ0) is 13.8. The molecule has 1 aromatic heterocycles. The van der Waals surface area contributed by atoms with E-state index in [0.29, 0.717) is 6.04 Å². The number of nitrogens with one attached hydrogen (secondary N) is 1. The first kappa shape index (κ1) is 14.6. The molecule has 2 rings (SSSR count). The van der Waals surface area contributed by atoms with E-state index in [1.54, 1.807) is 0 Å². The van der Waals surface area contributed by atoms with Gasteiger partial charge in [-0.2, -0.15) is 0 Å². The van der Waals surface area contributed by atoms with Gasteiger partial charge in [-0.3, -0.25) is 0 Å². The Morgan fingerprint density at radius 3 is 2.68 bits per heavy atom. The van der Waals surface area contributed by atoms with E-state index in [9.17, 15) is 0 Å². The largest absolute Gasteiger partial charge is 0.458 e. The summed E-state index contributed by atoms with van der Waals surface area (Å²) in [7, 11) is 0. The molecule has 0 bridgehead atoms. The maximum absolute atomic E-state index is 6.04. The number of rotatable bonds is 6. The van der Waals surface area contributed by atoms with Crippen LogP contribution in [0, 0.1) is 5.92 Å². The molecule has 1 unspecified atom stereocenters. The lowest BCUT2D eigenvalue weighted by Gasteiger charge is -2.16. The normalized spacial score (nSPS) is 13.3.